The first-order valence-electron chi connectivity index (χ1n) is 6.94. The summed E-state index contributed by atoms with van der Waals surface area (Å²) in [5.74, 6) is -0.0949. The fourth-order valence-corrected chi connectivity index (χ4v) is 1.92. The molecule has 0 aliphatic rings. The second kappa shape index (κ2) is 8.02. The summed E-state index contributed by atoms with van der Waals surface area (Å²) >= 11 is 0. The molecule has 3 nitrogen and oxygen atoms in total. The van der Waals surface area contributed by atoms with Gasteiger partial charge < -0.3 is 10.6 Å². The molecule has 0 heterocycles. The summed E-state index contributed by atoms with van der Waals surface area (Å²) in [4.78, 5) is 13.5. The molecule has 0 aliphatic carbocycles. The number of carbonyl (C=O) groups is 1. The van der Waals surface area contributed by atoms with Crippen LogP contribution in [-0.2, 0) is 17.4 Å². The number of benzene rings is 1. The zero-order valence-corrected chi connectivity index (χ0v) is 12.1. The molecular weight excluding hydrogens is 281 g/mol. The van der Waals surface area contributed by atoms with Crippen molar-refractivity contribution in [3.63, 3.8) is 0 Å². The number of unbranched alkanes of at least 4 members (excludes halogenated alkanes) is 2. The number of carbonyl (C=O) groups excluding carboxylic acids is 1. The normalized spacial score (nSPS) is 11.5. The van der Waals surface area contributed by atoms with E-state index >= 15 is 0 Å². The van der Waals surface area contributed by atoms with Crippen molar-refractivity contribution < 1.29 is 18.0 Å². The van der Waals surface area contributed by atoms with E-state index in [0.29, 0.717) is 18.7 Å². The minimum atomic E-state index is -4.34. The predicted molar refractivity (Wildman–Crippen MR) is 75.7 cm³/mol. The summed E-state index contributed by atoms with van der Waals surface area (Å²) in [6.07, 6.45) is -1.45. The van der Waals surface area contributed by atoms with E-state index in [2.05, 4.69) is 0 Å². The molecule has 118 valence electrons. The molecule has 0 unspecified atom stereocenters. The molecular formula is C15H21F3N2O. The molecule has 0 saturated carbocycles. The Balaban J connectivity index is 2.47. The highest BCUT2D eigenvalue weighted by Crippen LogP contribution is 2.29. The number of hydrogen-bond donors (Lipinski definition) is 1. The smallest absolute Gasteiger partial charge is 0.345 e. The highest BCUT2D eigenvalue weighted by Gasteiger charge is 2.29. The summed E-state index contributed by atoms with van der Waals surface area (Å²) in [5.41, 5.74) is 5.27. The van der Waals surface area contributed by atoms with E-state index in [9.17, 15) is 18.0 Å². The Hall–Kier alpha value is -1.56. The number of halogens is 3. The first kappa shape index (κ1) is 17.5. The zero-order chi connectivity index (χ0) is 15.9. The summed E-state index contributed by atoms with van der Waals surface area (Å²) < 4.78 is 37.3. The maximum Gasteiger partial charge on any atom is 0.416 e. The summed E-state index contributed by atoms with van der Waals surface area (Å²) in [5, 5.41) is 0. The van der Waals surface area contributed by atoms with Gasteiger partial charge in [-0.15, -0.1) is 0 Å². The molecule has 1 amide bonds. The Labute approximate surface area is 122 Å². The number of likely N-dealkylation sites (N-methyl/N-ethyl adjacent to an activating group) is 1. The van der Waals surface area contributed by atoms with E-state index in [-0.39, 0.29) is 12.3 Å². The van der Waals surface area contributed by atoms with Gasteiger partial charge in [-0.25, -0.2) is 0 Å². The number of amides is 1. The lowest BCUT2D eigenvalue weighted by molar-refractivity contribution is -0.137. The average molecular weight is 302 g/mol. The van der Waals surface area contributed by atoms with Gasteiger partial charge >= 0.3 is 6.18 Å². The van der Waals surface area contributed by atoms with Crippen molar-refractivity contribution in [2.45, 2.75) is 31.9 Å². The minimum Gasteiger partial charge on any atom is -0.345 e. The zero-order valence-electron chi connectivity index (χ0n) is 12.1. The van der Waals surface area contributed by atoms with E-state index in [1.165, 1.54) is 12.1 Å². The van der Waals surface area contributed by atoms with Crippen molar-refractivity contribution in [3.05, 3.63) is 35.4 Å². The lowest BCUT2D eigenvalue weighted by Gasteiger charge is -2.17. The molecule has 1 aromatic carbocycles. The van der Waals surface area contributed by atoms with E-state index in [4.69, 9.17) is 5.73 Å². The van der Waals surface area contributed by atoms with Gasteiger partial charge in [-0.3, -0.25) is 4.79 Å². The lowest BCUT2D eigenvalue weighted by Crippen LogP contribution is -2.29. The van der Waals surface area contributed by atoms with Gasteiger partial charge in [0.25, 0.3) is 0 Å². The van der Waals surface area contributed by atoms with Crippen LogP contribution in [0.3, 0.4) is 0 Å². The topological polar surface area (TPSA) is 46.3 Å². The first-order valence-corrected chi connectivity index (χ1v) is 6.94. The maximum atomic E-state index is 12.4. The molecule has 6 heteroatoms. The molecule has 1 rings (SSSR count). The van der Waals surface area contributed by atoms with Crippen molar-refractivity contribution in [3.8, 4) is 0 Å². The number of rotatable bonds is 7. The van der Waals surface area contributed by atoms with Crippen LogP contribution in [0.25, 0.3) is 0 Å². The fourth-order valence-electron chi connectivity index (χ4n) is 1.92. The second-order valence-corrected chi connectivity index (χ2v) is 5.04. The van der Waals surface area contributed by atoms with Gasteiger partial charge in [0.05, 0.1) is 12.0 Å². The molecule has 0 bridgehead atoms. The summed E-state index contributed by atoms with van der Waals surface area (Å²) in [6.45, 7) is 1.28. The van der Waals surface area contributed by atoms with Crippen molar-refractivity contribution in [2.75, 3.05) is 20.1 Å². The van der Waals surface area contributed by atoms with Crippen LogP contribution < -0.4 is 5.73 Å². The van der Waals surface area contributed by atoms with E-state index < -0.39 is 11.7 Å². The van der Waals surface area contributed by atoms with Gasteiger partial charge in [0, 0.05) is 13.6 Å². The third kappa shape index (κ3) is 6.16. The van der Waals surface area contributed by atoms with Crippen molar-refractivity contribution in [2.24, 2.45) is 5.73 Å². The molecule has 1 aromatic rings. The molecule has 0 saturated heterocycles. The van der Waals surface area contributed by atoms with E-state index in [1.807, 2.05) is 0 Å². The molecule has 0 fully saturated rings. The van der Waals surface area contributed by atoms with Gasteiger partial charge in [0.2, 0.25) is 5.91 Å². The van der Waals surface area contributed by atoms with Gasteiger partial charge in [-0.05, 0) is 37.1 Å². The second-order valence-electron chi connectivity index (χ2n) is 5.04. The molecule has 2 N–H and O–H groups in total. The Morgan fingerprint density at radius 3 is 2.29 bits per heavy atom. The highest BCUT2D eigenvalue weighted by molar-refractivity contribution is 5.78. The van der Waals surface area contributed by atoms with Crippen LogP contribution in [0, 0.1) is 0 Å². The quantitative estimate of drug-likeness (QED) is 0.787. The monoisotopic (exact) mass is 302 g/mol. The third-order valence-corrected chi connectivity index (χ3v) is 3.26. The predicted octanol–water partition coefficient (Wildman–Crippen LogP) is 2.84. The molecule has 0 aromatic heterocycles. The van der Waals surface area contributed by atoms with Crippen LogP contribution >= 0.6 is 0 Å². The number of nitrogens with two attached hydrogens (primary N) is 1. The van der Waals surface area contributed by atoms with Crippen LogP contribution in [-0.4, -0.2) is 30.9 Å². The van der Waals surface area contributed by atoms with Crippen LogP contribution in [0.15, 0.2) is 24.3 Å². The van der Waals surface area contributed by atoms with Crippen molar-refractivity contribution in [1.82, 2.24) is 4.90 Å². The minimum absolute atomic E-state index is 0.0949. The Morgan fingerprint density at radius 2 is 1.76 bits per heavy atom. The number of nitrogens with zero attached hydrogens (tertiary/aromatic N) is 1. The average Bonchev–Trinajstić information content (AvgIpc) is 2.43. The SMILES string of the molecule is CN(CCCCCN)C(=O)Cc1ccc(C(F)(F)F)cc1. The number of hydrogen-bond acceptors (Lipinski definition) is 2. The van der Waals surface area contributed by atoms with Crippen molar-refractivity contribution >= 4 is 5.91 Å². The first-order chi connectivity index (χ1) is 9.84. The van der Waals surface area contributed by atoms with E-state index in [0.717, 1.165) is 31.4 Å². The summed E-state index contributed by atoms with van der Waals surface area (Å²) in [7, 11) is 1.70. The van der Waals surface area contributed by atoms with Crippen LogP contribution in [0.5, 0.6) is 0 Å². The van der Waals surface area contributed by atoms with Crippen LogP contribution in [0.4, 0.5) is 13.2 Å². The van der Waals surface area contributed by atoms with Gasteiger partial charge in [-0.2, -0.15) is 13.2 Å². The Morgan fingerprint density at radius 1 is 1.14 bits per heavy atom. The van der Waals surface area contributed by atoms with Gasteiger partial charge in [0.15, 0.2) is 0 Å². The summed E-state index contributed by atoms with van der Waals surface area (Å²) in [6, 6.07) is 4.71. The van der Waals surface area contributed by atoms with Crippen LogP contribution in [0.1, 0.15) is 30.4 Å². The third-order valence-electron chi connectivity index (χ3n) is 3.26. The largest absolute Gasteiger partial charge is 0.416 e. The lowest BCUT2D eigenvalue weighted by atomic mass is 10.1. The standard InChI is InChI=1S/C15H21F3N2O/c1-20(10-4-2-3-9-19)14(21)11-12-5-7-13(8-6-12)15(16,17)18/h5-8H,2-4,9-11,19H2,1H3. The van der Waals surface area contributed by atoms with Crippen molar-refractivity contribution in [1.29, 1.82) is 0 Å². The van der Waals surface area contributed by atoms with Gasteiger partial charge in [-0.1, -0.05) is 18.6 Å². The fraction of sp³-hybridized carbons (Fsp3) is 0.533. The molecule has 0 spiro atoms. The Bertz CT molecular complexity index is 443. The Kier molecular flexibility index (Phi) is 6.68. The highest BCUT2D eigenvalue weighted by atomic mass is 19.4. The molecule has 21 heavy (non-hydrogen) atoms. The van der Waals surface area contributed by atoms with Gasteiger partial charge in [0.1, 0.15) is 0 Å². The molecule has 0 aliphatic heterocycles. The van der Waals surface area contributed by atoms with Crippen LogP contribution in [0.2, 0.25) is 0 Å². The molecule has 0 atom stereocenters. The molecule has 0 radical (unpaired) electrons. The maximum absolute atomic E-state index is 12.4. The van der Waals surface area contributed by atoms with E-state index in [1.54, 1.807) is 11.9 Å². The number of alkyl halides is 3.